The molecule has 1 aromatic heterocycles. The van der Waals surface area contributed by atoms with Crippen molar-refractivity contribution in [2.75, 3.05) is 5.75 Å². The molecule has 21 heavy (non-hydrogen) atoms. The Morgan fingerprint density at radius 2 is 1.95 bits per heavy atom. The summed E-state index contributed by atoms with van der Waals surface area (Å²) in [5.41, 5.74) is 3.11. The molecular weight excluding hydrogens is 288 g/mol. The van der Waals surface area contributed by atoms with Crippen LogP contribution < -0.4 is 10.3 Å². The molecule has 0 unspecified atom stereocenters. The van der Waals surface area contributed by atoms with Gasteiger partial charge in [0.2, 0.25) is 10.0 Å². The smallest absolute Gasteiger partial charge is 0.252 e. The second-order valence-corrected chi connectivity index (χ2v) is 7.16. The number of nitrogens with one attached hydrogen (secondary N) is 2. The van der Waals surface area contributed by atoms with E-state index in [-0.39, 0.29) is 17.9 Å². The van der Waals surface area contributed by atoms with Crippen molar-refractivity contribution in [1.82, 2.24) is 9.71 Å². The number of aromatic nitrogens is 1. The van der Waals surface area contributed by atoms with Crippen LogP contribution in [0.3, 0.4) is 0 Å². The van der Waals surface area contributed by atoms with Gasteiger partial charge in [0, 0.05) is 12.1 Å². The average molecular weight is 308 g/mol. The Labute approximate surface area is 124 Å². The molecule has 0 fully saturated rings. The number of fused-ring (bicyclic) bond motifs is 1. The van der Waals surface area contributed by atoms with Crippen molar-refractivity contribution in [1.29, 1.82) is 0 Å². The van der Waals surface area contributed by atoms with Gasteiger partial charge in [0.15, 0.2) is 0 Å². The zero-order valence-corrected chi connectivity index (χ0v) is 13.3. The Hall–Kier alpha value is -1.66. The first-order valence-corrected chi connectivity index (χ1v) is 8.58. The van der Waals surface area contributed by atoms with E-state index in [9.17, 15) is 13.2 Å². The Bertz CT molecular complexity index is 823. The topological polar surface area (TPSA) is 79.0 Å². The van der Waals surface area contributed by atoms with Crippen LogP contribution >= 0.6 is 0 Å². The van der Waals surface area contributed by atoms with Crippen LogP contribution in [0.4, 0.5) is 0 Å². The molecule has 6 heteroatoms. The molecule has 0 spiro atoms. The molecule has 2 rings (SSSR count). The van der Waals surface area contributed by atoms with Crippen molar-refractivity contribution in [3.63, 3.8) is 0 Å². The highest BCUT2D eigenvalue weighted by atomic mass is 32.2. The van der Waals surface area contributed by atoms with E-state index in [4.69, 9.17) is 0 Å². The number of hydrogen-bond donors (Lipinski definition) is 2. The summed E-state index contributed by atoms with van der Waals surface area (Å²) < 4.78 is 25.8. The summed E-state index contributed by atoms with van der Waals surface area (Å²) in [4.78, 5) is 14.9. The van der Waals surface area contributed by atoms with Gasteiger partial charge >= 0.3 is 0 Å². The summed E-state index contributed by atoms with van der Waals surface area (Å²) in [7, 11) is -3.32. The highest BCUT2D eigenvalue weighted by Crippen LogP contribution is 2.18. The molecule has 0 atom stereocenters. The van der Waals surface area contributed by atoms with E-state index >= 15 is 0 Å². The van der Waals surface area contributed by atoms with Crippen LogP contribution in [0.15, 0.2) is 23.0 Å². The van der Waals surface area contributed by atoms with Crippen molar-refractivity contribution in [2.24, 2.45) is 0 Å². The second-order valence-electron chi connectivity index (χ2n) is 5.24. The van der Waals surface area contributed by atoms with Gasteiger partial charge in [0.05, 0.1) is 11.3 Å². The largest absolute Gasteiger partial charge is 0.321 e. The first-order chi connectivity index (χ1) is 9.84. The maximum Gasteiger partial charge on any atom is 0.252 e. The molecular formula is C15H20N2O3S. The molecule has 5 nitrogen and oxygen atoms in total. The number of H-pyrrole nitrogens is 1. The van der Waals surface area contributed by atoms with Gasteiger partial charge in [-0.3, -0.25) is 4.79 Å². The Balaban J connectivity index is 2.36. The molecule has 0 amide bonds. The zero-order chi connectivity index (χ0) is 15.6. The van der Waals surface area contributed by atoms with Gasteiger partial charge in [-0.25, -0.2) is 13.1 Å². The van der Waals surface area contributed by atoms with E-state index in [1.807, 2.05) is 26.0 Å². The van der Waals surface area contributed by atoms with Gasteiger partial charge < -0.3 is 4.98 Å². The van der Waals surface area contributed by atoms with Gasteiger partial charge in [-0.05, 0) is 42.8 Å². The maximum absolute atomic E-state index is 12.1. The van der Waals surface area contributed by atoms with Crippen molar-refractivity contribution in [3.8, 4) is 0 Å². The predicted octanol–water partition coefficient (Wildman–Crippen LogP) is 1.97. The minimum Gasteiger partial charge on any atom is -0.321 e. The maximum atomic E-state index is 12.1. The normalized spacial score (nSPS) is 12.0. The molecule has 1 aromatic carbocycles. The number of hydrogen-bond acceptors (Lipinski definition) is 3. The molecule has 0 aliphatic rings. The van der Waals surface area contributed by atoms with E-state index in [1.54, 1.807) is 13.0 Å². The summed E-state index contributed by atoms with van der Waals surface area (Å²) >= 11 is 0. The van der Waals surface area contributed by atoms with Crippen molar-refractivity contribution < 1.29 is 8.42 Å². The van der Waals surface area contributed by atoms with Crippen LogP contribution in [0.1, 0.15) is 30.0 Å². The number of aryl methyl sites for hydroxylation is 2. The van der Waals surface area contributed by atoms with Crippen LogP contribution in [0.25, 0.3) is 10.9 Å². The van der Waals surface area contributed by atoms with Crippen molar-refractivity contribution >= 4 is 20.9 Å². The Kier molecular flexibility index (Phi) is 4.49. The summed E-state index contributed by atoms with van der Waals surface area (Å²) in [6.07, 6.45) is 0.544. The molecule has 114 valence electrons. The monoisotopic (exact) mass is 308 g/mol. The fraction of sp³-hybridized carbons (Fsp3) is 0.400. The third-order valence-corrected chi connectivity index (χ3v) is 5.11. The highest BCUT2D eigenvalue weighted by Gasteiger charge is 2.11. The van der Waals surface area contributed by atoms with Gasteiger partial charge in [-0.2, -0.15) is 0 Å². The summed E-state index contributed by atoms with van der Waals surface area (Å²) in [5, 5.41) is 0.905. The number of pyridine rings is 1. The summed E-state index contributed by atoms with van der Waals surface area (Å²) in [6.45, 7) is 5.75. The molecule has 2 N–H and O–H groups in total. The standard InChI is InChI=1S/C15H20N2O3S/c1-4-7-21(19,20)16-9-13-8-12-6-5-10(2)11(3)14(12)17-15(13)18/h5-6,8,16H,4,7,9H2,1-3H3,(H,17,18). The quantitative estimate of drug-likeness (QED) is 0.886. The lowest BCUT2D eigenvalue weighted by atomic mass is 10.0. The highest BCUT2D eigenvalue weighted by molar-refractivity contribution is 7.89. The number of aromatic amines is 1. The van der Waals surface area contributed by atoms with Crippen molar-refractivity contribution in [3.05, 3.63) is 45.2 Å². The molecule has 0 bridgehead atoms. The minimum atomic E-state index is -3.32. The van der Waals surface area contributed by atoms with E-state index in [0.717, 1.165) is 22.0 Å². The van der Waals surface area contributed by atoms with Gasteiger partial charge in [0.1, 0.15) is 0 Å². The van der Waals surface area contributed by atoms with Gasteiger partial charge in [-0.1, -0.05) is 19.1 Å². The predicted molar refractivity (Wildman–Crippen MR) is 85.0 cm³/mol. The average Bonchev–Trinajstić information content (AvgIpc) is 2.42. The van der Waals surface area contributed by atoms with E-state index in [2.05, 4.69) is 9.71 Å². The fourth-order valence-electron chi connectivity index (χ4n) is 2.23. The molecule has 0 saturated carbocycles. The minimum absolute atomic E-state index is 0.0144. The number of benzene rings is 1. The summed E-state index contributed by atoms with van der Waals surface area (Å²) in [5.74, 6) is 0.0663. The van der Waals surface area contributed by atoms with Crippen LogP contribution in [0.2, 0.25) is 0 Å². The van der Waals surface area contributed by atoms with E-state index in [0.29, 0.717) is 12.0 Å². The Morgan fingerprint density at radius 1 is 1.24 bits per heavy atom. The third kappa shape index (κ3) is 3.51. The Morgan fingerprint density at radius 3 is 2.62 bits per heavy atom. The molecule has 0 saturated heterocycles. The first-order valence-electron chi connectivity index (χ1n) is 6.93. The lowest BCUT2D eigenvalue weighted by Crippen LogP contribution is -2.28. The van der Waals surface area contributed by atoms with Crippen LogP contribution in [0.5, 0.6) is 0 Å². The van der Waals surface area contributed by atoms with Crippen molar-refractivity contribution in [2.45, 2.75) is 33.7 Å². The molecule has 0 aliphatic heterocycles. The summed E-state index contributed by atoms with van der Waals surface area (Å²) in [6, 6.07) is 5.66. The van der Waals surface area contributed by atoms with Crippen LogP contribution in [0, 0.1) is 13.8 Å². The van der Waals surface area contributed by atoms with Crippen LogP contribution in [-0.2, 0) is 16.6 Å². The van der Waals surface area contributed by atoms with Crippen LogP contribution in [-0.4, -0.2) is 19.2 Å². The van der Waals surface area contributed by atoms with Gasteiger partial charge in [-0.15, -0.1) is 0 Å². The molecule has 0 aliphatic carbocycles. The third-order valence-electron chi connectivity index (χ3n) is 3.58. The second kappa shape index (κ2) is 5.99. The molecule has 2 aromatic rings. The first kappa shape index (κ1) is 15.7. The van der Waals surface area contributed by atoms with E-state index < -0.39 is 10.0 Å². The number of sulfonamides is 1. The molecule has 1 heterocycles. The zero-order valence-electron chi connectivity index (χ0n) is 12.5. The number of rotatable bonds is 5. The SMILES string of the molecule is CCCS(=O)(=O)NCc1cc2ccc(C)c(C)c2[nH]c1=O. The fourth-order valence-corrected chi connectivity index (χ4v) is 3.29. The lowest BCUT2D eigenvalue weighted by molar-refractivity contribution is 0.579. The van der Waals surface area contributed by atoms with E-state index in [1.165, 1.54) is 0 Å². The van der Waals surface area contributed by atoms with Gasteiger partial charge in [0.25, 0.3) is 5.56 Å². The lowest BCUT2D eigenvalue weighted by Gasteiger charge is -2.09. The molecule has 0 radical (unpaired) electrons.